The highest BCUT2D eigenvalue weighted by atomic mass is 32.2. The zero-order valence-electron chi connectivity index (χ0n) is 11.1. The smallest absolute Gasteiger partial charge is 0.269 e. The summed E-state index contributed by atoms with van der Waals surface area (Å²) in [5, 5.41) is 10.5. The van der Waals surface area contributed by atoms with E-state index in [9.17, 15) is 18.5 Å². The third-order valence-electron chi connectivity index (χ3n) is 3.09. The second-order valence-corrected chi connectivity index (χ2v) is 6.69. The van der Waals surface area contributed by atoms with Crippen molar-refractivity contribution in [3.8, 4) is 0 Å². The maximum atomic E-state index is 12.3. The Balaban J connectivity index is 2.09. The van der Waals surface area contributed by atoms with Gasteiger partial charge in [-0.15, -0.1) is 0 Å². The number of nitro groups is 1. The second-order valence-electron chi connectivity index (χ2n) is 4.72. The highest BCUT2D eigenvalue weighted by Crippen LogP contribution is 2.17. The van der Waals surface area contributed by atoms with E-state index in [4.69, 9.17) is 4.74 Å². The van der Waals surface area contributed by atoms with Gasteiger partial charge in [-0.1, -0.05) is 12.1 Å². The minimum Gasteiger partial charge on any atom is -0.376 e. The zero-order chi connectivity index (χ0) is 14.8. The molecule has 0 bridgehead atoms. The summed E-state index contributed by atoms with van der Waals surface area (Å²) in [6.45, 7) is 2.91. The molecule has 1 saturated heterocycles. The van der Waals surface area contributed by atoms with Gasteiger partial charge >= 0.3 is 0 Å². The molecular weight excluding hydrogens is 284 g/mol. The Hall–Kier alpha value is -1.51. The van der Waals surface area contributed by atoms with Gasteiger partial charge in [0.2, 0.25) is 10.0 Å². The van der Waals surface area contributed by atoms with Gasteiger partial charge in [-0.05, 0) is 12.5 Å². The summed E-state index contributed by atoms with van der Waals surface area (Å²) in [7, 11) is -3.42. The van der Waals surface area contributed by atoms with Gasteiger partial charge in [-0.25, -0.2) is 8.42 Å². The SMILES string of the molecule is CC1CN(S(=O)(=O)Cc2ccc([N+](=O)[O-])cc2)CCO1. The molecule has 2 rings (SSSR count). The molecule has 1 unspecified atom stereocenters. The van der Waals surface area contributed by atoms with E-state index >= 15 is 0 Å². The van der Waals surface area contributed by atoms with E-state index in [1.54, 1.807) is 0 Å². The van der Waals surface area contributed by atoms with Crippen molar-refractivity contribution in [3.63, 3.8) is 0 Å². The molecule has 7 nitrogen and oxygen atoms in total. The van der Waals surface area contributed by atoms with Crippen molar-refractivity contribution in [2.45, 2.75) is 18.8 Å². The number of rotatable bonds is 4. The molecule has 0 saturated carbocycles. The van der Waals surface area contributed by atoms with Gasteiger partial charge in [-0.2, -0.15) is 4.31 Å². The molecule has 0 spiro atoms. The van der Waals surface area contributed by atoms with E-state index in [1.807, 2.05) is 6.92 Å². The van der Waals surface area contributed by atoms with Gasteiger partial charge in [-0.3, -0.25) is 10.1 Å². The third-order valence-corrected chi connectivity index (χ3v) is 4.91. The number of sulfonamides is 1. The monoisotopic (exact) mass is 300 g/mol. The number of ether oxygens (including phenoxy) is 1. The molecule has 1 aliphatic heterocycles. The quantitative estimate of drug-likeness (QED) is 0.614. The Labute approximate surface area is 117 Å². The van der Waals surface area contributed by atoms with Crippen LogP contribution in [0.3, 0.4) is 0 Å². The highest BCUT2D eigenvalue weighted by molar-refractivity contribution is 7.88. The fourth-order valence-electron chi connectivity index (χ4n) is 2.05. The van der Waals surface area contributed by atoms with Crippen LogP contribution in [0, 0.1) is 10.1 Å². The molecule has 1 atom stereocenters. The number of non-ortho nitro benzene ring substituents is 1. The molecule has 1 fully saturated rings. The molecule has 0 N–H and O–H groups in total. The van der Waals surface area contributed by atoms with E-state index in [1.165, 1.54) is 28.6 Å². The van der Waals surface area contributed by atoms with Crippen LogP contribution in [0.2, 0.25) is 0 Å². The number of hydrogen-bond donors (Lipinski definition) is 0. The van der Waals surface area contributed by atoms with Crippen LogP contribution in [0.15, 0.2) is 24.3 Å². The van der Waals surface area contributed by atoms with Gasteiger partial charge in [0.15, 0.2) is 0 Å². The molecule has 0 aliphatic carbocycles. The average molecular weight is 300 g/mol. The minimum absolute atomic E-state index is 0.0499. The van der Waals surface area contributed by atoms with E-state index < -0.39 is 14.9 Å². The summed E-state index contributed by atoms with van der Waals surface area (Å²) in [5.41, 5.74) is 0.487. The molecule has 1 aromatic rings. The van der Waals surface area contributed by atoms with Gasteiger partial charge < -0.3 is 4.74 Å². The summed E-state index contributed by atoms with van der Waals surface area (Å²) in [6.07, 6.45) is -0.115. The van der Waals surface area contributed by atoms with E-state index in [-0.39, 0.29) is 17.5 Å². The number of benzene rings is 1. The van der Waals surface area contributed by atoms with E-state index in [0.717, 1.165) is 0 Å². The largest absolute Gasteiger partial charge is 0.376 e. The Morgan fingerprint density at radius 2 is 2.05 bits per heavy atom. The lowest BCUT2D eigenvalue weighted by Gasteiger charge is -2.30. The fraction of sp³-hybridized carbons (Fsp3) is 0.500. The van der Waals surface area contributed by atoms with Crippen LogP contribution < -0.4 is 0 Å². The van der Waals surface area contributed by atoms with Crippen molar-refractivity contribution < 1.29 is 18.1 Å². The first kappa shape index (κ1) is 14.9. The van der Waals surface area contributed by atoms with Crippen LogP contribution in [0.1, 0.15) is 12.5 Å². The zero-order valence-corrected chi connectivity index (χ0v) is 11.9. The molecule has 20 heavy (non-hydrogen) atoms. The standard InChI is InChI=1S/C12H16N2O5S/c1-10-8-13(6-7-19-10)20(17,18)9-11-2-4-12(5-3-11)14(15)16/h2-5,10H,6-9H2,1H3. The molecule has 0 radical (unpaired) electrons. The first-order valence-corrected chi connectivity index (χ1v) is 7.82. The lowest BCUT2D eigenvalue weighted by molar-refractivity contribution is -0.384. The maximum absolute atomic E-state index is 12.3. The molecule has 1 aliphatic rings. The van der Waals surface area contributed by atoms with E-state index in [2.05, 4.69) is 0 Å². The molecule has 1 aromatic carbocycles. The topological polar surface area (TPSA) is 89.8 Å². The van der Waals surface area contributed by atoms with Crippen molar-refractivity contribution in [1.82, 2.24) is 4.31 Å². The third kappa shape index (κ3) is 3.53. The van der Waals surface area contributed by atoms with Gasteiger partial charge in [0.25, 0.3) is 5.69 Å². The minimum atomic E-state index is -3.42. The number of nitrogens with zero attached hydrogens (tertiary/aromatic N) is 2. The molecule has 8 heteroatoms. The first-order valence-electron chi connectivity index (χ1n) is 6.21. The summed E-state index contributed by atoms with van der Waals surface area (Å²) >= 11 is 0. The molecular formula is C12H16N2O5S. The van der Waals surface area contributed by atoms with E-state index in [0.29, 0.717) is 25.3 Å². The van der Waals surface area contributed by atoms with Gasteiger partial charge in [0, 0.05) is 25.2 Å². The Bertz CT molecular complexity index is 584. The number of morpholine rings is 1. The highest BCUT2D eigenvalue weighted by Gasteiger charge is 2.27. The Kier molecular flexibility index (Phi) is 4.36. The lowest BCUT2D eigenvalue weighted by atomic mass is 10.2. The van der Waals surface area contributed by atoms with Crippen LogP contribution in [0.4, 0.5) is 5.69 Å². The van der Waals surface area contributed by atoms with Crippen molar-refractivity contribution in [2.75, 3.05) is 19.7 Å². The Morgan fingerprint density at radius 1 is 1.40 bits per heavy atom. The average Bonchev–Trinajstić information content (AvgIpc) is 2.39. The normalized spacial score (nSPS) is 20.8. The van der Waals surface area contributed by atoms with Crippen molar-refractivity contribution >= 4 is 15.7 Å². The summed E-state index contributed by atoms with van der Waals surface area (Å²) < 4.78 is 31.2. The van der Waals surface area contributed by atoms with Crippen LogP contribution in [0.5, 0.6) is 0 Å². The predicted molar refractivity (Wildman–Crippen MR) is 72.7 cm³/mol. The number of hydrogen-bond acceptors (Lipinski definition) is 5. The summed E-state index contributed by atoms with van der Waals surface area (Å²) in [4.78, 5) is 10.0. The fourth-order valence-corrected chi connectivity index (χ4v) is 3.64. The molecule has 1 heterocycles. The lowest BCUT2D eigenvalue weighted by Crippen LogP contribution is -2.44. The second kappa shape index (κ2) is 5.86. The number of nitro benzene ring substituents is 1. The van der Waals surface area contributed by atoms with Crippen LogP contribution in [-0.2, 0) is 20.5 Å². The molecule has 110 valence electrons. The molecule has 0 amide bonds. The maximum Gasteiger partial charge on any atom is 0.269 e. The summed E-state index contributed by atoms with van der Waals surface area (Å²) in [5.74, 6) is -0.155. The predicted octanol–water partition coefficient (Wildman–Crippen LogP) is 1.15. The summed E-state index contributed by atoms with van der Waals surface area (Å²) in [6, 6.07) is 5.57. The van der Waals surface area contributed by atoms with Crippen molar-refractivity contribution in [3.05, 3.63) is 39.9 Å². The van der Waals surface area contributed by atoms with Gasteiger partial charge in [0.05, 0.1) is 23.4 Å². The first-order chi connectivity index (χ1) is 9.38. The molecule has 0 aromatic heterocycles. The Morgan fingerprint density at radius 3 is 2.60 bits per heavy atom. The van der Waals surface area contributed by atoms with Crippen molar-refractivity contribution in [2.24, 2.45) is 0 Å². The van der Waals surface area contributed by atoms with Crippen LogP contribution in [-0.4, -0.2) is 43.4 Å². The van der Waals surface area contributed by atoms with Crippen LogP contribution in [0.25, 0.3) is 0 Å². The van der Waals surface area contributed by atoms with Gasteiger partial charge in [0.1, 0.15) is 0 Å². The van der Waals surface area contributed by atoms with Crippen LogP contribution >= 0.6 is 0 Å². The van der Waals surface area contributed by atoms with Crippen molar-refractivity contribution in [1.29, 1.82) is 0 Å².